The molecule has 0 aromatic heterocycles. The molecule has 0 saturated heterocycles. The Hall–Kier alpha value is -2.28. The van der Waals surface area contributed by atoms with E-state index in [9.17, 15) is 13.6 Å². The highest BCUT2D eigenvalue weighted by atomic mass is 32.1. The number of hydrogen-bond acceptors (Lipinski definition) is 3. The first kappa shape index (κ1) is 17.1. The van der Waals surface area contributed by atoms with Crippen molar-refractivity contribution in [2.45, 2.75) is 13.0 Å². The molecule has 23 heavy (non-hydrogen) atoms. The second-order valence-corrected chi connectivity index (χ2v) is 5.33. The van der Waals surface area contributed by atoms with Gasteiger partial charge in [-0.2, -0.15) is 0 Å². The van der Waals surface area contributed by atoms with Gasteiger partial charge in [-0.25, -0.2) is 13.6 Å². The van der Waals surface area contributed by atoms with Gasteiger partial charge >= 0.3 is 5.97 Å². The predicted octanol–water partition coefficient (Wildman–Crippen LogP) is 2.83. The average Bonchev–Trinajstić information content (AvgIpc) is 2.53. The number of methoxy groups -OCH3 is 1. The SMILES string of the molecule is C=CCN1C(=S)N[C@@H](c2ccc(F)c(F)c2)C(C(=O)OC)=C1C. The van der Waals surface area contributed by atoms with Gasteiger partial charge in [0.15, 0.2) is 16.7 Å². The Morgan fingerprint density at radius 3 is 2.74 bits per heavy atom. The van der Waals surface area contributed by atoms with Gasteiger partial charge in [0.1, 0.15) is 0 Å². The molecule has 1 aliphatic rings. The third-order valence-electron chi connectivity index (χ3n) is 3.59. The molecule has 7 heteroatoms. The lowest BCUT2D eigenvalue weighted by Crippen LogP contribution is -2.47. The number of ether oxygens (including phenoxy) is 1. The van der Waals surface area contributed by atoms with Gasteiger partial charge in [-0.15, -0.1) is 6.58 Å². The summed E-state index contributed by atoms with van der Waals surface area (Å²) in [5.41, 5.74) is 1.24. The number of carbonyl (C=O) groups excluding carboxylic acids is 1. The molecular weight excluding hydrogens is 322 g/mol. The van der Waals surface area contributed by atoms with Gasteiger partial charge in [-0.05, 0) is 36.8 Å². The zero-order valence-corrected chi connectivity index (χ0v) is 13.5. The Kier molecular flexibility index (Phi) is 5.10. The number of halogens is 2. The first-order valence-electron chi connectivity index (χ1n) is 6.83. The Bertz CT molecular complexity index is 703. The standard InChI is InChI=1S/C16H16F2N2O2S/c1-4-7-20-9(2)13(15(21)22-3)14(19-16(20)23)10-5-6-11(17)12(18)8-10/h4-6,8,14H,1,7H2,2-3H3,(H,19,23)/t14-/m0/s1. The molecule has 1 aromatic carbocycles. The Morgan fingerprint density at radius 1 is 1.48 bits per heavy atom. The van der Waals surface area contributed by atoms with Crippen molar-refractivity contribution in [3.8, 4) is 0 Å². The van der Waals surface area contributed by atoms with E-state index < -0.39 is 23.6 Å². The van der Waals surface area contributed by atoms with Crippen molar-refractivity contribution in [3.05, 3.63) is 59.3 Å². The van der Waals surface area contributed by atoms with E-state index in [2.05, 4.69) is 11.9 Å². The molecule has 0 aliphatic carbocycles. The zero-order valence-electron chi connectivity index (χ0n) is 12.7. The van der Waals surface area contributed by atoms with Crippen LogP contribution in [0.1, 0.15) is 18.5 Å². The molecule has 2 rings (SSSR count). The summed E-state index contributed by atoms with van der Waals surface area (Å²) in [5, 5.41) is 3.34. The van der Waals surface area contributed by atoms with E-state index in [0.717, 1.165) is 12.1 Å². The van der Waals surface area contributed by atoms with Crippen LogP contribution in [0.3, 0.4) is 0 Å². The van der Waals surface area contributed by atoms with Crippen molar-refractivity contribution in [2.75, 3.05) is 13.7 Å². The van der Waals surface area contributed by atoms with Gasteiger partial charge in [0, 0.05) is 12.2 Å². The highest BCUT2D eigenvalue weighted by Crippen LogP contribution is 2.31. The van der Waals surface area contributed by atoms with Crippen LogP contribution in [0.2, 0.25) is 0 Å². The van der Waals surface area contributed by atoms with Gasteiger partial charge in [0.25, 0.3) is 0 Å². The fraction of sp³-hybridized carbons (Fsp3) is 0.250. The Labute approximate surface area is 138 Å². The molecule has 0 amide bonds. The van der Waals surface area contributed by atoms with Crippen LogP contribution >= 0.6 is 12.2 Å². The van der Waals surface area contributed by atoms with E-state index in [1.54, 1.807) is 17.9 Å². The largest absolute Gasteiger partial charge is 0.466 e. The molecule has 122 valence electrons. The topological polar surface area (TPSA) is 41.6 Å². The van der Waals surface area contributed by atoms with Crippen LogP contribution in [0.15, 0.2) is 42.1 Å². The first-order valence-corrected chi connectivity index (χ1v) is 7.24. The van der Waals surface area contributed by atoms with E-state index in [1.807, 2.05) is 0 Å². The highest BCUT2D eigenvalue weighted by Gasteiger charge is 2.34. The van der Waals surface area contributed by atoms with Gasteiger partial charge in [0.05, 0.1) is 18.7 Å². The van der Waals surface area contributed by atoms with Crippen molar-refractivity contribution in [1.82, 2.24) is 10.2 Å². The molecule has 1 aliphatic heterocycles. The van der Waals surface area contributed by atoms with Crippen molar-refractivity contribution in [2.24, 2.45) is 0 Å². The second kappa shape index (κ2) is 6.87. The normalized spacial score (nSPS) is 17.8. The summed E-state index contributed by atoms with van der Waals surface area (Å²) in [5.74, 6) is -2.52. The lowest BCUT2D eigenvalue weighted by atomic mass is 9.95. The minimum atomic E-state index is -0.995. The van der Waals surface area contributed by atoms with Crippen LogP contribution < -0.4 is 5.32 Å². The van der Waals surface area contributed by atoms with E-state index in [4.69, 9.17) is 17.0 Å². The van der Waals surface area contributed by atoms with Gasteiger partial charge in [-0.1, -0.05) is 12.1 Å². The van der Waals surface area contributed by atoms with E-state index in [0.29, 0.717) is 22.9 Å². The third kappa shape index (κ3) is 3.24. The fourth-order valence-corrected chi connectivity index (χ4v) is 2.78. The monoisotopic (exact) mass is 338 g/mol. The lowest BCUT2D eigenvalue weighted by Gasteiger charge is -2.37. The van der Waals surface area contributed by atoms with Crippen molar-refractivity contribution >= 4 is 23.3 Å². The predicted molar refractivity (Wildman–Crippen MR) is 86.5 cm³/mol. The molecule has 0 spiro atoms. The Balaban J connectivity index is 2.56. The van der Waals surface area contributed by atoms with Crippen LogP contribution in [-0.2, 0) is 9.53 Å². The van der Waals surface area contributed by atoms with Gasteiger partial charge in [-0.3, -0.25) is 0 Å². The van der Waals surface area contributed by atoms with E-state index in [-0.39, 0.29) is 5.57 Å². The number of thiocarbonyl (C=S) groups is 1. The number of esters is 1. The lowest BCUT2D eigenvalue weighted by molar-refractivity contribution is -0.136. The molecule has 1 atom stereocenters. The average molecular weight is 338 g/mol. The minimum absolute atomic E-state index is 0.286. The molecule has 1 heterocycles. The summed E-state index contributed by atoms with van der Waals surface area (Å²) in [7, 11) is 1.26. The summed E-state index contributed by atoms with van der Waals surface area (Å²) in [6.07, 6.45) is 1.64. The van der Waals surface area contributed by atoms with Crippen LogP contribution in [0.5, 0.6) is 0 Å². The maximum atomic E-state index is 13.5. The van der Waals surface area contributed by atoms with Crippen LogP contribution in [-0.4, -0.2) is 29.6 Å². The summed E-state index contributed by atoms with van der Waals surface area (Å²) >= 11 is 5.29. The molecule has 0 bridgehead atoms. The maximum Gasteiger partial charge on any atom is 0.337 e. The van der Waals surface area contributed by atoms with Crippen LogP contribution in [0.25, 0.3) is 0 Å². The van der Waals surface area contributed by atoms with E-state index in [1.165, 1.54) is 13.2 Å². The number of hydrogen-bond donors (Lipinski definition) is 1. The number of allylic oxidation sites excluding steroid dienone is 1. The highest BCUT2D eigenvalue weighted by molar-refractivity contribution is 7.80. The van der Waals surface area contributed by atoms with Crippen molar-refractivity contribution in [3.63, 3.8) is 0 Å². The Morgan fingerprint density at radius 2 is 2.17 bits per heavy atom. The maximum absolute atomic E-state index is 13.5. The number of rotatable bonds is 4. The molecule has 0 fully saturated rings. The molecule has 1 N–H and O–H groups in total. The minimum Gasteiger partial charge on any atom is -0.466 e. The quantitative estimate of drug-likeness (QED) is 0.519. The molecule has 0 saturated carbocycles. The zero-order chi connectivity index (χ0) is 17.1. The summed E-state index contributed by atoms with van der Waals surface area (Å²) in [6, 6.07) is 2.73. The molecule has 4 nitrogen and oxygen atoms in total. The van der Waals surface area contributed by atoms with Crippen molar-refractivity contribution in [1.29, 1.82) is 0 Å². The summed E-state index contributed by atoms with van der Waals surface area (Å²) in [4.78, 5) is 13.9. The summed E-state index contributed by atoms with van der Waals surface area (Å²) < 4.78 is 31.5. The second-order valence-electron chi connectivity index (χ2n) is 4.95. The van der Waals surface area contributed by atoms with Crippen molar-refractivity contribution < 1.29 is 18.3 Å². The molecule has 1 aromatic rings. The van der Waals surface area contributed by atoms with Crippen LogP contribution in [0, 0.1) is 11.6 Å². The fourth-order valence-electron chi connectivity index (χ4n) is 2.45. The molecule has 0 radical (unpaired) electrons. The number of nitrogens with zero attached hydrogens (tertiary/aromatic N) is 1. The number of benzene rings is 1. The number of nitrogens with one attached hydrogen (secondary N) is 1. The van der Waals surface area contributed by atoms with Crippen LogP contribution in [0.4, 0.5) is 8.78 Å². The first-order chi connectivity index (χ1) is 10.9. The van der Waals surface area contributed by atoms with E-state index >= 15 is 0 Å². The smallest absolute Gasteiger partial charge is 0.337 e. The van der Waals surface area contributed by atoms with Gasteiger partial charge < -0.3 is 15.0 Å². The summed E-state index contributed by atoms with van der Waals surface area (Å²) in [6.45, 7) is 5.78. The molecular formula is C16H16F2N2O2S. The third-order valence-corrected chi connectivity index (χ3v) is 3.93. The number of carbonyl (C=O) groups is 1. The van der Waals surface area contributed by atoms with Gasteiger partial charge in [0.2, 0.25) is 0 Å². The molecule has 0 unspecified atom stereocenters.